The number of carbonyl (C=O) groups is 1. The van der Waals surface area contributed by atoms with Crippen LogP contribution in [-0.2, 0) is 27.9 Å². The number of nitrogens with zero attached hydrogens (tertiary/aromatic N) is 1. The third-order valence-corrected chi connectivity index (χ3v) is 6.83. The fourth-order valence-corrected chi connectivity index (χ4v) is 4.55. The summed E-state index contributed by atoms with van der Waals surface area (Å²) in [6, 6.07) is 22.0. The SMILES string of the molecule is O=C(CN(Cc1ccc(Cl)cc1)S(=O)(=O)c1ccccc1)NCc1ccccc1Cl. The predicted molar refractivity (Wildman–Crippen MR) is 119 cm³/mol. The topological polar surface area (TPSA) is 66.5 Å². The molecule has 1 N–H and O–H groups in total. The van der Waals surface area contributed by atoms with Crippen molar-refractivity contribution in [2.24, 2.45) is 0 Å². The lowest BCUT2D eigenvalue weighted by Crippen LogP contribution is -2.40. The molecular formula is C22H20Cl2N2O3S. The van der Waals surface area contributed by atoms with Crippen molar-refractivity contribution in [2.75, 3.05) is 6.54 Å². The lowest BCUT2D eigenvalue weighted by Gasteiger charge is -2.22. The van der Waals surface area contributed by atoms with Crippen molar-refractivity contribution in [1.29, 1.82) is 0 Å². The Kier molecular flexibility index (Phi) is 7.50. The zero-order chi connectivity index (χ0) is 21.6. The van der Waals surface area contributed by atoms with Crippen LogP contribution >= 0.6 is 23.2 Å². The Labute approximate surface area is 186 Å². The predicted octanol–water partition coefficient (Wildman–Crippen LogP) is 4.50. The van der Waals surface area contributed by atoms with Gasteiger partial charge in [-0.1, -0.05) is 71.7 Å². The van der Waals surface area contributed by atoms with Gasteiger partial charge in [-0.25, -0.2) is 8.42 Å². The van der Waals surface area contributed by atoms with Crippen LogP contribution in [0.2, 0.25) is 10.0 Å². The molecule has 0 aliphatic heterocycles. The Morgan fingerprint density at radius 3 is 2.17 bits per heavy atom. The van der Waals surface area contributed by atoms with Crippen LogP contribution in [0.3, 0.4) is 0 Å². The molecule has 0 spiro atoms. The van der Waals surface area contributed by atoms with Gasteiger partial charge in [0.25, 0.3) is 0 Å². The van der Waals surface area contributed by atoms with Crippen LogP contribution in [-0.4, -0.2) is 25.2 Å². The van der Waals surface area contributed by atoms with Crippen molar-refractivity contribution in [1.82, 2.24) is 9.62 Å². The number of hydrogen-bond donors (Lipinski definition) is 1. The number of hydrogen-bond acceptors (Lipinski definition) is 3. The minimum atomic E-state index is -3.88. The number of carbonyl (C=O) groups excluding carboxylic acids is 1. The van der Waals surface area contributed by atoms with Gasteiger partial charge in [-0.2, -0.15) is 4.31 Å². The van der Waals surface area contributed by atoms with Crippen molar-refractivity contribution >= 4 is 39.1 Å². The number of benzene rings is 3. The third kappa shape index (κ3) is 5.83. The molecule has 5 nitrogen and oxygen atoms in total. The fraction of sp³-hybridized carbons (Fsp3) is 0.136. The summed E-state index contributed by atoms with van der Waals surface area (Å²) >= 11 is 12.0. The zero-order valence-corrected chi connectivity index (χ0v) is 18.3. The Bertz CT molecular complexity index is 1100. The molecule has 0 saturated carbocycles. The normalized spacial score (nSPS) is 11.4. The summed E-state index contributed by atoms with van der Waals surface area (Å²) in [7, 11) is -3.88. The van der Waals surface area contributed by atoms with E-state index in [1.54, 1.807) is 60.7 Å². The van der Waals surface area contributed by atoms with Gasteiger partial charge < -0.3 is 5.32 Å². The maximum Gasteiger partial charge on any atom is 0.243 e. The van der Waals surface area contributed by atoms with Crippen LogP contribution < -0.4 is 5.32 Å². The highest BCUT2D eigenvalue weighted by molar-refractivity contribution is 7.89. The molecule has 30 heavy (non-hydrogen) atoms. The van der Waals surface area contributed by atoms with Crippen molar-refractivity contribution in [3.05, 3.63) is 100 Å². The van der Waals surface area contributed by atoms with E-state index in [1.807, 2.05) is 6.07 Å². The maximum absolute atomic E-state index is 13.2. The van der Waals surface area contributed by atoms with Crippen molar-refractivity contribution in [3.8, 4) is 0 Å². The van der Waals surface area contributed by atoms with Gasteiger partial charge >= 0.3 is 0 Å². The number of nitrogens with one attached hydrogen (secondary N) is 1. The molecule has 156 valence electrons. The monoisotopic (exact) mass is 462 g/mol. The maximum atomic E-state index is 13.2. The molecule has 0 unspecified atom stereocenters. The molecule has 0 aliphatic carbocycles. The number of halogens is 2. The smallest absolute Gasteiger partial charge is 0.243 e. The molecule has 0 saturated heterocycles. The number of amides is 1. The molecule has 3 rings (SSSR count). The number of rotatable bonds is 8. The third-order valence-electron chi connectivity index (χ3n) is 4.41. The van der Waals surface area contributed by atoms with Gasteiger partial charge in [0.05, 0.1) is 11.4 Å². The Morgan fingerprint density at radius 1 is 0.867 bits per heavy atom. The average molecular weight is 463 g/mol. The summed E-state index contributed by atoms with van der Waals surface area (Å²) in [6.07, 6.45) is 0. The van der Waals surface area contributed by atoms with Crippen molar-refractivity contribution < 1.29 is 13.2 Å². The highest BCUT2D eigenvalue weighted by Gasteiger charge is 2.26. The first-order valence-electron chi connectivity index (χ1n) is 9.16. The van der Waals surface area contributed by atoms with Gasteiger partial charge in [0, 0.05) is 23.1 Å². The molecule has 0 radical (unpaired) electrons. The summed E-state index contributed by atoms with van der Waals surface area (Å²) < 4.78 is 27.5. The molecule has 3 aromatic rings. The van der Waals surface area contributed by atoms with Crippen LogP contribution in [0.4, 0.5) is 0 Å². The molecule has 0 bridgehead atoms. The first-order chi connectivity index (χ1) is 14.4. The van der Waals surface area contributed by atoms with Crippen molar-refractivity contribution in [3.63, 3.8) is 0 Å². The Morgan fingerprint density at radius 2 is 1.50 bits per heavy atom. The lowest BCUT2D eigenvalue weighted by atomic mass is 10.2. The second kappa shape index (κ2) is 10.1. The zero-order valence-electron chi connectivity index (χ0n) is 16.0. The van der Waals surface area contributed by atoms with E-state index in [9.17, 15) is 13.2 Å². The molecule has 3 aromatic carbocycles. The lowest BCUT2D eigenvalue weighted by molar-refractivity contribution is -0.121. The van der Waals surface area contributed by atoms with Gasteiger partial charge in [-0.3, -0.25) is 4.79 Å². The average Bonchev–Trinajstić information content (AvgIpc) is 2.75. The van der Waals surface area contributed by atoms with Crippen LogP contribution in [0, 0.1) is 0 Å². The summed E-state index contributed by atoms with van der Waals surface area (Å²) in [4.78, 5) is 12.7. The van der Waals surface area contributed by atoms with Crippen LogP contribution in [0.5, 0.6) is 0 Å². The highest BCUT2D eigenvalue weighted by atomic mass is 35.5. The molecular weight excluding hydrogens is 443 g/mol. The number of sulfonamides is 1. The second-order valence-electron chi connectivity index (χ2n) is 6.58. The minimum absolute atomic E-state index is 0.0356. The molecule has 1 amide bonds. The van der Waals surface area contributed by atoms with Crippen LogP contribution in [0.25, 0.3) is 0 Å². The fourth-order valence-electron chi connectivity index (χ4n) is 2.81. The van der Waals surface area contributed by atoms with Gasteiger partial charge in [0.15, 0.2) is 0 Å². The van der Waals surface area contributed by atoms with Gasteiger partial charge in [-0.15, -0.1) is 0 Å². The quantitative estimate of drug-likeness (QED) is 0.535. The van der Waals surface area contributed by atoms with Gasteiger partial charge in [0.1, 0.15) is 0 Å². The van der Waals surface area contributed by atoms with E-state index in [1.165, 1.54) is 12.1 Å². The molecule has 0 heterocycles. The molecule has 0 aromatic heterocycles. The molecule has 0 fully saturated rings. The summed E-state index contributed by atoms with van der Waals surface area (Å²) in [5, 5.41) is 3.82. The van der Waals surface area contributed by atoms with E-state index in [0.29, 0.717) is 10.0 Å². The van der Waals surface area contributed by atoms with E-state index in [2.05, 4.69) is 5.32 Å². The van der Waals surface area contributed by atoms with Crippen LogP contribution in [0.1, 0.15) is 11.1 Å². The Hall–Kier alpha value is -2.38. The largest absolute Gasteiger partial charge is 0.351 e. The van der Waals surface area contributed by atoms with Crippen LogP contribution in [0.15, 0.2) is 83.8 Å². The molecule has 0 atom stereocenters. The van der Waals surface area contributed by atoms with E-state index >= 15 is 0 Å². The van der Waals surface area contributed by atoms with E-state index < -0.39 is 15.9 Å². The standard InChI is InChI=1S/C22H20Cl2N2O3S/c23-19-12-10-17(11-13-19)15-26(30(28,29)20-7-2-1-3-8-20)16-22(27)25-14-18-6-4-5-9-21(18)24/h1-13H,14-16H2,(H,25,27). The molecule has 0 aliphatic rings. The van der Waals surface area contributed by atoms with E-state index in [4.69, 9.17) is 23.2 Å². The van der Waals surface area contributed by atoms with Gasteiger partial charge in [-0.05, 0) is 41.5 Å². The summed E-state index contributed by atoms with van der Waals surface area (Å²) in [5.41, 5.74) is 1.47. The first-order valence-corrected chi connectivity index (χ1v) is 11.4. The van der Waals surface area contributed by atoms with E-state index in [-0.39, 0.29) is 24.5 Å². The minimum Gasteiger partial charge on any atom is -0.351 e. The molecule has 8 heteroatoms. The summed E-state index contributed by atoms with van der Waals surface area (Å²) in [6.45, 7) is -0.0864. The van der Waals surface area contributed by atoms with Gasteiger partial charge in [0.2, 0.25) is 15.9 Å². The summed E-state index contributed by atoms with van der Waals surface area (Å²) in [5.74, 6) is -0.427. The van der Waals surface area contributed by atoms with E-state index in [0.717, 1.165) is 15.4 Å². The first kappa shape index (κ1) is 22.3. The highest BCUT2D eigenvalue weighted by Crippen LogP contribution is 2.19. The van der Waals surface area contributed by atoms with Crippen molar-refractivity contribution in [2.45, 2.75) is 18.0 Å². The second-order valence-corrected chi connectivity index (χ2v) is 9.36. The Balaban J connectivity index is 1.79.